The Bertz CT molecular complexity index is 361. The highest BCUT2D eigenvalue weighted by atomic mass is 15.4. The minimum Gasteiger partial charge on any atom is -0.317 e. The van der Waals surface area contributed by atoms with E-state index in [1.807, 2.05) is 6.20 Å². The van der Waals surface area contributed by atoms with Crippen LogP contribution in [0, 0.1) is 5.92 Å². The van der Waals surface area contributed by atoms with E-state index in [0.29, 0.717) is 5.92 Å². The van der Waals surface area contributed by atoms with Crippen LogP contribution in [0.25, 0.3) is 0 Å². The molecule has 1 aliphatic rings. The molecule has 1 N–H and O–H groups in total. The molecule has 1 fully saturated rings. The van der Waals surface area contributed by atoms with Gasteiger partial charge >= 0.3 is 0 Å². The summed E-state index contributed by atoms with van der Waals surface area (Å²) >= 11 is 0. The summed E-state index contributed by atoms with van der Waals surface area (Å²) < 4.78 is 2.13. The van der Waals surface area contributed by atoms with Gasteiger partial charge in [-0.3, -0.25) is 0 Å². The van der Waals surface area contributed by atoms with Crippen LogP contribution >= 0.6 is 0 Å². The van der Waals surface area contributed by atoms with Crippen molar-refractivity contribution in [2.24, 2.45) is 5.92 Å². The van der Waals surface area contributed by atoms with Crippen LogP contribution in [0.4, 0.5) is 0 Å². The number of hydrogen-bond acceptors (Lipinski definition) is 3. The third-order valence-electron chi connectivity index (χ3n) is 4.28. The average Bonchev–Trinajstić information content (AvgIpc) is 2.74. The van der Waals surface area contributed by atoms with Gasteiger partial charge in [0.15, 0.2) is 0 Å². The maximum Gasteiger partial charge on any atom is 0.0728 e. The lowest BCUT2D eigenvalue weighted by molar-refractivity contribution is 0.358. The predicted octanol–water partition coefficient (Wildman–Crippen LogP) is 2.96. The number of hydrogen-bond donors (Lipinski definition) is 1. The van der Waals surface area contributed by atoms with Crippen molar-refractivity contribution in [1.82, 2.24) is 20.3 Å². The van der Waals surface area contributed by atoms with Crippen LogP contribution in [0.2, 0.25) is 0 Å². The molecule has 1 aromatic heterocycles. The Labute approximate surface area is 117 Å². The summed E-state index contributed by atoms with van der Waals surface area (Å²) in [5.41, 5.74) is 1.37. The van der Waals surface area contributed by atoms with Gasteiger partial charge < -0.3 is 5.32 Å². The zero-order chi connectivity index (χ0) is 13.5. The molecule has 0 spiro atoms. The number of nitrogens with one attached hydrogen (secondary N) is 1. The summed E-state index contributed by atoms with van der Waals surface area (Å²) in [6.07, 6.45) is 9.88. The van der Waals surface area contributed by atoms with Crippen LogP contribution in [0.3, 0.4) is 0 Å². The number of nitrogens with zero attached hydrogens (tertiary/aromatic N) is 3. The quantitative estimate of drug-likeness (QED) is 0.803. The van der Waals surface area contributed by atoms with E-state index in [1.165, 1.54) is 37.8 Å². The smallest absolute Gasteiger partial charge is 0.0728 e. The van der Waals surface area contributed by atoms with Gasteiger partial charge in [0.25, 0.3) is 0 Å². The molecule has 0 saturated heterocycles. The molecular formula is C15H28N4. The second kappa shape index (κ2) is 7.63. The summed E-state index contributed by atoms with van der Waals surface area (Å²) in [4.78, 5) is 0. The van der Waals surface area contributed by atoms with Crippen LogP contribution < -0.4 is 5.32 Å². The van der Waals surface area contributed by atoms with Gasteiger partial charge in [0.1, 0.15) is 0 Å². The summed E-state index contributed by atoms with van der Waals surface area (Å²) in [7, 11) is 0. The average molecular weight is 264 g/mol. The molecule has 0 bridgehead atoms. The summed E-state index contributed by atoms with van der Waals surface area (Å²) in [5, 5.41) is 12.0. The van der Waals surface area contributed by atoms with Gasteiger partial charge in [-0.25, -0.2) is 4.68 Å². The Morgan fingerprint density at radius 2 is 2.11 bits per heavy atom. The molecule has 0 radical (unpaired) electrons. The Morgan fingerprint density at radius 3 is 2.89 bits per heavy atom. The fraction of sp³-hybridized carbons (Fsp3) is 0.867. The fourth-order valence-corrected chi connectivity index (χ4v) is 3.29. The molecule has 2 rings (SSSR count). The van der Waals surface area contributed by atoms with Gasteiger partial charge in [0.05, 0.1) is 11.9 Å². The van der Waals surface area contributed by atoms with Gasteiger partial charge in [-0.05, 0) is 38.3 Å². The first kappa shape index (κ1) is 14.5. The SMILES string of the molecule is CCCn1nncc1C1CCCCCC1CNCC. The van der Waals surface area contributed by atoms with E-state index < -0.39 is 0 Å². The van der Waals surface area contributed by atoms with E-state index >= 15 is 0 Å². The summed E-state index contributed by atoms with van der Waals surface area (Å²) in [6.45, 7) is 7.59. The lowest BCUT2D eigenvalue weighted by Gasteiger charge is -2.25. The first-order chi connectivity index (χ1) is 9.36. The molecule has 1 heterocycles. The molecule has 19 heavy (non-hydrogen) atoms. The molecule has 0 amide bonds. The van der Waals surface area contributed by atoms with Crippen molar-refractivity contribution in [3.05, 3.63) is 11.9 Å². The van der Waals surface area contributed by atoms with E-state index in [4.69, 9.17) is 0 Å². The predicted molar refractivity (Wildman–Crippen MR) is 78.2 cm³/mol. The lowest BCUT2D eigenvalue weighted by Crippen LogP contribution is -2.28. The monoisotopic (exact) mass is 264 g/mol. The molecule has 1 aliphatic carbocycles. The van der Waals surface area contributed by atoms with E-state index in [9.17, 15) is 0 Å². The number of aryl methyl sites for hydroxylation is 1. The Hall–Kier alpha value is -0.900. The maximum absolute atomic E-state index is 4.27. The van der Waals surface area contributed by atoms with Crippen molar-refractivity contribution in [2.75, 3.05) is 13.1 Å². The highest BCUT2D eigenvalue weighted by Crippen LogP contribution is 2.35. The lowest BCUT2D eigenvalue weighted by atomic mass is 9.85. The van der Waals surface area contributed by atoms with Crippen LogP contribution in [-0.2, 0) is 6.54 Å². The largest absolute Gasteiger partial charge is 0.317 e. The molecule has 1 saturated carbocycles. The van der Waals surface area contributed by atoms with Crippen molar-refractivity contribution in [2.45, 2.75) is 64.8 Å². The Kier molecular flexibility index (Phi) is 5.83. The van der Waals surface area contributed by atoms with Crippen molar-refractivity contribution < 1.29 is 0 Å². The zero-order valence-corrected chi connectivity index (χ0v) is 12.4. The number of rotatable bonds is 6. The summed E-state index contributed by atoms with van der Waals surface area (Å²) in [6, 6.07) is 0. The number of aromatic nitrogens is 3. The molecule has 1 aromatic rings. The van der Waals surface area contributed by atoms with Crippen LogP contribution in [-0.4, -0.2) is 28.1 Å². The minimum atomic E-state index is 0.642. The van der Waals surface area contributed by atoms with Crippen molar-refractivity contribution >= 4 is 0 Å². The molecule has 2 unspecified atom stereocenters. The van der Waals surface area contributed by atoms with E-state index in [-0.39, 0.29) is 0 Å². The van der Waals surface area contributed by atoms with Gasteiger partial charge in [0, 0.05) is 12.5 Å². The molecule has 0 aliphatic heterocycles. The normalized spacial score (nSPS) is 24.3. The first-order valence-corrected chi connectivity index (χ1v) is 7.95. The van der Waals surface area contributed by atoms with Crippen LogP contribution in [0.15, 0.2) is 6.20 Å². The van der Waals surface area contributed by atoms with E-state index in [0.717, 1.165) is 32.0 Å². The third-order valence-corrected chi connectivity index (χ3v) is 4.28. The minimum absolute atomic E-state index is 0.642. The first-order valence-electron chi connectivity index (χ1n) is 7.95. The highest BCUT2D eigenvalue weighted by molar-refractivity contribution is 5.06. The maximum atomic E-state index is 4.27. The fourth-order valence-electron chi connectivity index (χ4n) is 3.29. The van der Waals surface area contributed by atoms with Crippen molar-refractivity contribution in [1.29, 1.82) is 0 Å². The molecule has 2 atom stereocenters. The third kappa shape index (κ3) is 3.78. The van der Waals surface area contributed by atoms with Gasteiger partial charge in [-0.2, -0.15) is 0 Å². The van der Waals surface area contributed by atoms with E-state index in [1.54, 1.807) is 0 Å². The Morgan fingerprint density at radius 1 is 1.26 bits per heavy atom. The standard InChI is InChI=1S/C15H28N4/c1-3-10-19-15(12-17-18-19)14-9-7-5-6-8-13(14)11-16-4-2/h12-14,16H,3-11H2,1-2H3. The van der Waals surface area contributed by atoms with Gasteiger partial charge in [-0.1, -0.05) is 38.3 Å². The van der Waals surface area contributed by atoms with Crippen LogP contribution in [0.5, 0.6) is 0 Å². The van der Waals surface area contributed by atoms with Crippen LogP contribution in [0.1, 0.15) is 64.0 Å². The van der Waals surface area contributed by atoms with Gasteiger partial charge in [0.2, 0.25) is 0 Å². The van der Waals surface area contributed by atoms with Crippen molar-refractivity contribution in [3.63, 3.8) is 0 Å². The molecular weight excluding hydrogens is 236 g/mol. The van der Waals surface area contributed by atoms with E-state index in [2.05, 4.69) is 34.2 Å². The molecule has 4 heteroatoms. The molecule has 4 nitrogen and oxygen atoms in total. The zero-order valence-electron chi connectivity index (χ0n) is 12.4. The second-order valence-electron chi connectivity index (χ2n) is 5.69. The van der Waals surface area contributed by atoms with Crippen molar-refractivity contribution in [3.8, 4) is 0 Å². The second-order valence-corrected chi connectivity index (χ2v) is 5.69. The Balaban J connectivity index is 2.13. The molecule has 0 aromatic carbocycles. The molecule has 108 valence electrons. The summed E-state index contributed by atoms with van der Waals surface area (Å²) in [5.74, 6) is 1.39. The van der Waals surface area contributed by atoms with Gasteiger partial charge in [-0.15, -0.1) is 5.10 Å². The highest BCUT2D eigenvalue weighted by Gasteiger charge is 2.27. The topological polar surface area (TPSA) is 42.7 Å².